The molecule has 100 valence electrons. The first-order chi connectivity index (χ1) is 8.32. The molecule has 1 fully saturated rings. The second-order valence-electron chi connectivity index (χ2n) is 3.95. The predicted octanol–water partition coefficient (Wildman–Crippen LogP) is 2.26. The molecule has 0 amide bonds. The van der Waals surface area contributed by atoms with Gasteiger partial charge in [0.2, 0.25) is 10.0 Å². The Morgan fingerprint density at radius 3 is 2.22 bits per heavy atom. The summed E-state index contributed by atoms with van der Waals surface area (Å²) in [6, 6.07) is 0.718. The molecule has 0 radical (unpaired) electrons. The molecule has 1 unspecified atom stereocenters. The zero-order valence-corrected chi connectivity index (χ0v) is 11.4. The highest BCUT2D eigenvalue weighted by molar-refractivity contribution is 9.09. The topological polar surface area (TPSA) is 37.4 Å². The van der Waals surface area contributed by atoms with Crippen molar-refractivity contribution in [1.82, 2.24) is 4.31 Å². The summed E-state index contributed by atoms with van der Waals surface area (Å²) >= 11 is 3.24. The molecular weight excluding hydrogens is 335 g/mol. The molecule has 2 rings (SSSR count). The van der Waals surface area contributed by atoms with E-state index in [0.717, 1.165) is 4.31 Å². The summed E-state index contributed by atoms with van der Waals surface area (Å²) in [5, 5.41) is 0. The van der Waals surface area contributed by atoms with Gasteiger partial charge in [-0.1, -0.05) is 15.9 Å². The number of hydrogen-bond donors (Lipinski definition) is 0. The van der Waals surface area contributed by atoms with Crippen molar-refractivity contribution < 1.29 is 21.6 Å². The van der Waals surface area contributed by atoms with Crippen LogP contribution >= 0.6 is 15.9 Å². The van der Waals surface area contributed by atoms with Crippen LogP contribution in [0.1, 0.15) is 6.42 Å². The van der Waals surface area contributed by atoms with Crippen LogP contribution in [0, 0.1) is 17.5 Å². The molecule has 1 heterocycles. The Labute approximate surface area is 111 Å². The SMILES string of the molecule is O=S(=O)(c1c(F)cc(F)cc1F)N1CCC(Br)C1. The third kappa shape index (κ3) is 2.41. The van der Waals surface area contributed by atoms with Crippen molar-refractivity contribution in [2.75, 3.05) is 13.1 Å². The van der Waals surface area contributed by atoms with Crippen LogP contribution in [0.4, 0.5) is 13.2 Å². The zero-order chi connectivity index (χ0) is 13.5. The Kier molecular flexibility index (Phi) is 3.70. The Hall–Kier alpha value is -0.600. The van der Waals surface area contributed by atoms with Crippen LogP contribution in [0.15, 0.2) is 17.0 Å². The lowest BCUT2D eigenvalue weighted by Gasteiger charge is -2.16. The van der Waals surface area contributed by atoms with Crippen LogP contribution in [0.3, 0.4) is 0 Å². The van der Waals surface area contributed by atoms with E-state index in [2.05, 4.69) is 15.9 Å². The van der Waals surface area contributed by atoms with E-state index in [1.54, 1.807) is 0 Å². The average molecular weight is 344 g/mol. The summed E-state index contributed by atoms with van der Waals surface area (Å²) in [6.07, 6.45) is 0.559. The van der Waals surface area contributed by atoms with E-state index in [1.807, 2.05) is 0 Å². The highest BCUT2D eigenvalue weighted by Crippen LogP contribution is 2.28. The summed E-state index contributed by atoms with van der Waals surface area (Å²) in [5.74, 6) is -3.97. The van der Waals surface area contributed by atoms with Crippen molar-refractivity contribution in [2.24, 2.45) is 0 Å². The molecule has 0 aromatic heterocycles. The molecular formula is C10H9BrF3NO2S. The van der Waals surface area contributed by atoms with Crippen LogP contribution in [-0.2, 0) is 10.0 Å². The van der Waals surface area contributed by atoms with Gasteiger partial charge in [0.05, 0.1) is 0 Å². The lowest BCUT2D eigenvalue weighted by molar-refractivity contribution is 0.451. The van der Waals surface area contributed by atoms with Crippen molar-refractivity contribution in [2.45, 2.75) is 16.1 Å². The molecule has 0 bridgehead atoms. The molecule has 1 saturated heterocycles. The number of halogens is 4. The number of sulfonamides is 1. The van der Waals surface area contributed by atoms with E-state index in [4.69, 9.17) is 0 Å². The van der Waals surface area contributed by atoms with Gasteiger partial charge in [-0.05, 0) is 6.42 Å². The van der Waals surface area contributed by atoms with Crippen LogP contribution in [0.2, 0.25) is 0 Å². The second kappa shape index (κ2) is 4.82. The molecule has 1 aromatic carbocycles. The van der Waals surface area contributed by atoms with Crippen LogP contribution in [-0.4, -0.2) is 30.6 Å². The third-order valence-corrected chi connectivity index (χ3v) is 5.32. The van der Waals surface area contributed by atoms with E-state index < -0.39 is 32.4 Å². The van der Waals surface area contributed by atoms with Gasteiger partial charge in [0, 0.05) is 30.0 Å². The first-order valence-electron chi connectivity index (χ1n) is 5.11. The first-order valence-corrected chi connectivity index (χ1v) is 7.46. The van der Waals surface area contributed by atoms with E-state index >= 15 is 0 Å². The number of benzene rings is 1. The van der Waals surface area contributed by atoms with Crippen molar-refractivity contribution in [1.29, 1.82) is 0 Å². The second-order valence-corrected chi connectivity index (χ2v) is 7.12. The third-order valence-electron chi connectivity index (χ3n) is 2.65. The number of alkyl halides is 1. The van der Waals surface area contributed by atoms with E-state index in [9.17, 15) is 21.6 Å². The summed E-state index contributed by atoms with van der Waals surface area (Å²) in [4.78, 5) is -1.13. The Morgan fingerprint density at radius 2 is 1.78 bits per heavy atom. The maximum Gasteiger partial charge on any atom is 0.248 e. The minimum atomic E-state index is -4.26. The highest BCUT2D eigenvalue weighted by atomic mass is 79.9. The molecule has 1 atom stereocenters. The summed E-state index contributed by atoms with van der Waals surface area (Å²) in [7, 11) is -4.26. The van der Waals surface area contributed by atoms with Crippen LogP contribution in [0.25, 0.3) is 0 Å². The van der Waals surface area contributed by atoms with Gasteiger partial charge in [0.15, 0.2) is 4.90 Å². The monoisotopic (exact) mass is 343 g/mol. The maximum atomic E-state index is 13.5. The summed E-state index contributed by atoms with van der Waals surface area (Å²) < 4.78 is 64.7. The molecule has 1 aliphatic heterocycles. The maximum absolute atomic E-state index is 13.5. The number of nitrogens with zero attached hydrogens (tertiary/aromatic N) is 1. The lowest BCUT2D eigenvalue weighted by atomic mass is 10.3. The molecule has 1 aromatic rings. The van der Waals surface area contributed by atoms with Crippen molar-refractivity contribution in [3.8, 4) is 0 Å². The average Bonchev–Trinajstić information content (AvgIpc) is 2.63. The van der Waals surface area contributed by atoms with Gasteiger partial charge in [-0.25, -0.2) is 21.6 Å². The van der Waals surface area contributed by atoms with Gasteiger partial charge in [-0.2, -0.15) is 4.31 Å². The minimum Gasteiger partial charge on any atom is -0.207 e. The fourth-order valence-corrected chi connectivity index (χ4v) is 4.15. The van der Waals surface area contributed by atoms with E-state index in [0.29, 0.717) is 18.6 Å². The quantitative estimate of drug-likeness (QED) is 0.772. The van der Waals surface area contributed by atoms with Crippen molar-refractivity contribution in [3.63, 3.8) is 0 Å². The molecule has 0 saturated carbocycles. The fraction of sp³-hybridized carbons (Fsp3) is 0.400. The first kappa shape index (κ1) is 13.8. The van der Waals surface area contributed by atoms with Gasteiger partial charge in [-0.3, -0.25) is 0 Å². The Balaban J connectivity index is 2.48. The van der Waals surface area contributed by atoms with Crippen LogP contribution in [0.5, 0.6) is 0 Å². The lowest BCUT2D eigenvalue weighted by Crippen LogP contribution is -2.30. The van der Waals surface area contributed by atoms with Gasteiger partial charge in [0.1, 0.15) is 17.5 Å². The Bertz CT molecular complexity index is 555. The molecule has 3 nitrogen and oxygen atoms in total. The molecule has 0 N–H and O–H groups in total. The Morgan fingerprint density at radius 1 is 1.22 bits per heavy atom. The molecule has 0 aliphatic carbocycles. The summed E-state index contributed by atoms with van der Waals surface area (Å²) in [5.41, 5.74) is 0. The van der Waals surface area contributed by atoms with E-state index in [1.165, 1.54) is 0 Å². The molecule has 18 heavy (non-hydrogen) atoms. The van der Waals surface area contributed by atoms with Gasteiger partial charge in [0.25, 0.3) is 0 Å². The van der Waals surface area contributed by atoms with Crippen molar-refractivity contribution in [3.05, 3.63) is 29.6 Å². The van der Waals surface area contributed by atoms with Gasteiger partial charge >= 0.3 is 0 Å². The molecule has 8 heteroatoms. The highest BCUT2D eigenvalue weighted by Gasteiger charge is 2.35. The van der Waals surface area contributed by atoms with E-state index in [-0.39, 0.29) is 17.9 Å². The standard InChI is InChI=1S/C10H9BrF3NO2S/c11-6-1-2-15(5-6)18(16,17)10-8(13)3-7(12)4-9(10)14/h3-4,6H,1-2,5H2. The normalized spacial score (nSPS) is 21.4. The summed E-state index contributed by atoms with van der Waals surface area (Å²) in [6.45, 7) is 0.313. The number of rotatable bonds is 2. The largest absolute Gasteiger partial charge is 0.248 e. The predicted molar refractivity (Wildman–Crippen MR) is 62.4 cm³/mol. The zero-order valence-electron chi connectivity index (χ0n) is 9.04. The van der Waals surface area contributed by atoms with Gasteiger partial charge < -0.3 is 0 Å². The molecule has 1 aliphatic rings. The smallest absolute Gasteiger partial charge is 0.207 e. The molecule has 0 spiro atoms. The number of hydrogen-bond acceptors (Lipinski definition) is 2. The van der Waals surface area contributed by atoms with Crippen molar-refractivity contribution >= 4 is 26.0 Å². The fourth-order valence-electron chi connectivity index (χ4n) is 1.81. The van der Waals surface area contributed by atoms with Gasteiger partial charge in [-0.15, -0.1) is 0 Å². The minimum absolute atomic E-state index is 0.0427. The van der Waals surface area contributed by atoms with Crippen LogP contribution < -0.4 is 0 Å².